The summed E-state index contributed by atoms with van der Waals surface area (Å²) in [5.41, 5.74) is 4.97. The molecule has 6 heteroatoms. The highest BCUT2D eigenvalue weighted by Crippen LogP contribution is 2.23. The molecule has 1 saturated heterocycles. The van der Waals surface area contributed by atoms with Gasteiger partial charge in [-0.05, 0) is 6.42 Å². The largest absolute Gasteiger partial charge is 0.415 e. The summed E-state index contributed by atoms with van der Waals surface area (Å²) in [6.45, 7) is 0.626. The number of ether oxygens (including phenoxy) is 2. The third-order valence-corrected chi connectivity index (χ3v) is 2.14. The second kappa shape index (κ2) is 4.95. The van der Waals surface area contributed by atoms with Gasteiger partial charge in [0.2, 0.25) is 0 Å². The molecular formula is C8H14F3NO2. The molecule has 14 heavy (non-hydrogen) atoms. The van der Waals surface area contributed by atoms with E-state index >= 15 is 0 Å². The van der Waals surface area contributed by atoms with Crippen LogP contribution in [0.4, 0.5) is 13.2 Å². The van der Waals surface area contributed by atoms with Crippen molar-refractivity contribution in [1.29, 1.82) is 0 Å². The van der Waals surface area contributed by atoms with E-state index in [1.165, 1.54) is 0 Å². The highest BCUT2D eigenvalue weighted by molar-refractivity contribution is 4.70. The Morgan fingerprint density at radius 3 is 2.64 bits per heavy atom. The van der Waals surface area contributed by atoms with E-state index in [1.807, 2.05) is 0 Å². The number of hydrogen-bond donors (Lipinski definition) is 1. The summed E-state index contributed by atoms with van der Waals surface area (Å²) >= 11 is 0. The maximum atomic E-state index is 12.2. The van der Waals surface area contributed by atoms with E-state index in [1.54, 1.807) is 0 Å². The summed E-state index contributed by atoms with van der Waals surface area (Å²) in [6.07, 6.45) is -5.45. The third kappa shape index (κ3) is 3.43. The van der Waals surface area contributed by atoms with Gasteiger partial charge < -0.3 is 15.2 Å². The number of nitrogens with two attached hydrogens (primary N) is 1. The van der Waals surface area contributed by atoms with Crippen molar-refractivity contribution >= 4 is 0 Å². The average molecular weight is 213 g/mol. The van der Waals surface area contributed by atoms with E-state index in [4.69, 9.17) is 15.2 Å². The minimum absolute atomic E-state index is 0.0708. The summed E-state index contributed by atoms with van der Waals surface area (Å²) in [5.74, 6) is 0.0754. The van der Waals surface area contributed by atoms with Gasteiger partial charge in [0, 0.05) is 19.1 Å². The standard InChI is InChI=1S/C8H14F3NO2/c9-8(10,11)7(3-12)14-5-6-1-2-13-4-6/h6-7H,1-5,12H2. The highest BCUT2D eigenvalue weighted by Gasteiger charge is 2.40. The maximum Gasteiger partial charge on any atom is 0.415 e. The molecule has 1 heterocycles. The van der Waals surface area contributed by atoms with Crippen molar-refractivity contribution in [1.82, 2.24) is 0 Å². The van der Waals surface area contributed by atoms with Gasteiger partial charge in [-0.15, -0.1) is 0 Å². The zero-order valence-electron chi connectivity index (χ0n) is 7.72. The molecule has 1 aliphatic rings. The molecule has 0 radical (unpaired) electrons. The van der Waals surface area contributed by atoms with Crippen LogP contribution in [0.3, 0.4) is 0 Å². The quantitative estimate of drug-likeness (QED) is 0.755. The van der Waals surface area contributed by atoms with Gasteiger partial charge in [-0.3, -0.25) is 0 Å². The molecule has 0 bridgehead atoms. The summed E-state index contributed by atoms with van der Waals surface area (Å²) < 4.78 is 46.2. The lowest BCUT2D eigenvalue weighted by atomic mass is 10.1. The lowest BCUT2D eigenvalue weighted by molar-refractivity contribution is -0.219. The van der Waals surface area contributed by atoms with E-state index in [-0.39, 0.29) is 12.5 Å². The van der Waals surface area contributed by atoms with Crippen LogP contribution in [0.2, 0.25) is 0 Å². The van der Waals surface area contributed by atoms with Gasteiger partial charge in [-0.25, -0.2) is 0 Å². The van der Waals surface area contributed by atoms with E-state index in [2.05, 4.69) is 0 Å². The normalized spacial score (nSPS) is 25.3. The Hall–Kier alpha value is -0.330. The minimum Gasteiger partial charge on any atom is -0.381 e. The highest BCUT2D eigenvalue weighted by atomic mass is 19.4. The molecule has 1 aliphatic heterocycles. The SMILES string of the molecule is NCC(OCC1CCOC1)C(F)(F)F. The van der Waals surface area contributed by atoms with Crippen LogP contribution in [0.25, 0.3) is 0 Å². The first-order valence-corrected chi connectivity index (χ1v) is 4.50. The van der Waals surface area contributed by atoms with Gasteiger partial charge in [-0.1, -0.05) is 0 Å². The van der Waals surface area contributed by atoms with E-state index in [0.29, 0.717) is 13.2 Å². The molecule has 0 aliphatic carbocycles. The van der Waals surface area contributed by atoms with E-state index in [9.17, 15) is 13.2 Å². The smallest absolute Gasteiger partial charge is 0.381 e. The fourth-order valence-corrected chi connectivity index (χ4v) is 1.26. The maximum absolute atomic E-state index is 12.2. The van der Waals surface area contributed by atoms with Gasteiger partial charge in [0.15, 0.2) is 6.10 Å². The molecule has 1 rings (SSSR count). The topological polar surface area (TPSA) is 44.5 Å². The van der Waals surface area contributed by atoms with Crippen molar-refractivity contribution in [3.05, 3.63) is 0 Å². The number of alkyl halides is 3. The summed E-state index contributed by atoms with van der Waals surface area (Å²) in [5, 5.41) is 0. The molecule has 2 N–H and O–H groups in total. The Labute approximate surface area is 80.4 Å². The fraction of sp³-hybridized carbons (Fsp3) is 1.00. The number of halogens is 3. The molecule has 2 unspecified atom stereocenters. The van der Waals surface area contributed by atoms with Gasteiger partial charge in [0.25, 0.3) is 0 Å². The van der Waals surface area contributed by atoms with Crippen molar-refractivity contribution in [2.45, 2.75) is 18.7 Å². The van der Waals surface area contributed by atoms with Crippen LogP contribution in [0.15, 0.2) is 0 Å². The first-order valence-electron chi connectivity index (χ1n) is 4.50. The molecule has 0 aromatic heterocycles. The van der Waals surface area contributed by atoms with E-state index < -0.39 is 18.8 Å². The van der Waals surface area contributed by atoms with Crippen LogP contribution < -0.4 is 5.73 Å². The van der Waals surface area contributed by atoms with Crippen molar-refractivity contribution in [2.24, 2.45) is 11.7 Å². The van der Waals surface area contributed by atoms with Crippen LogP contribution in [0.5, 0.6) is 0 Å². The Kier molecular flexibility index (Phi) is 4.15. The Balaban J connectivity index is 2.26. The molecule has 0 amide bonds. The average Bonchev–Trinajstić information content (AvgIpc) is 2.55. The second-order valence-corrected chi connectivity index (χ2v) is 3.33. The Bertz CT molecular complexity index is 168. The third-order valence-electron chi connectivity index (χ3n) is 2.14. The van der Waals surface area contributed by atoms with Crippen LogP contribution in [-0.2, 0) is 9.47 Å². The Morgan fingerprint density at radius 1 is 1.50 bits per heavy atom. The van der Waals surface area contributed by atoms with Crippen molar-refractivity contribution in [3.8, 4) is 0 Å². The zero-order chi connectivity index (χ0) is 10.6. The van der Waals surface area contributed by atoms with Crippen molar-refractivity contribution in [3.63, 3.8) is 0 Å². The first kappa shape index (κ1) is 11.7. The number of rotatable bonds is 4. The molecule has 0 aromatic rings. The molecule has 0 saturated carbocycles. The molecular weight excluding hydrogens is 199 g/mol. The molecule has 0 spiro atoms. The van der Waals surface area contributed by atoms with Crippen molar-refractivity contribution in [2.75, 3.05) is 26.4 Å². The second-order valence-electron chi connectivity index (χ2n) is 3.33. The predicted octanol–water partition coefficient (Wildman–Crippen LogP) is 0.929. The molecule has 84 valence electrons. The zero-order valence-corrected chi connectivity index (χ0v) is 7.72. The van der Waals surface area contributed by atoms with Gasteiger partial charge in [0.05, 0.1) is 13.2 Å². The summed E-state index contributed by atoms with van der Waals surface area (Å²) in [6, 6.07) is 0. The van der Waals surface area contributed by atoms with E-state index in [0.717, 1.165) is 6.42 Å². The molecule has 0 aromatic carbocycles. The Morgan fingerprint density at radius 2 is 2.21 bits per heavy atom. The first-order chi connectivity index (χ1) is 6.54. The number of hydrogen-bond acceptors (Lipinski definition) is 3. The molecule has 3 nitrogen and oxygen atoms in total. The van der Waals surface area contributed by atoms with Gasteiger partial charge in [0.1, 0.15) is 0 Å². The minimum atomic E-state index is -4.37. The van der Waals surface area contributed by atoms with Crippen LogP contribution >= 0.6 is 0 Å². The lowest BCUT2D eigenvalue weighted by Gasteiger charge is -2.20. The van der Waals surface area contributed by atoms with Gasteiger partial charge in [-0.2, -0.15) is 13.2 Å². The van der Waals surface area contributed by atoms with Crippen LogP contribution in [0, 0.1) is 5.92 Å². The van der Waals surface area contributed by atoms with Gasteiger partial charge >= 0.3 is 6.18 Å². The van der Waals surface area contributed by atoms with Crippen LogP contribution in [-0.4, -0.2) is 38.6 Å². The predicted molar refractivity (Wildman–Crippen MR) is 43.8 cm³/mol. The summed E-state index contributed by atoms with van der Waals surface area (Å²) in [4.78, 5) is 0. The fourth-order valence-electron chi connectivity index (χ4n) is 1.26. The lowest BCUT2D eigenvalue weighted by Crippen LogP contribution is -2.39. The van der Waals surface area contributed by atoms with Crippen LogP contribution in [0.1, 0.15) is 6.42 Å². The molecule has 2 atom stereocenters. The van der Waals surface area contributed by atoms with Crippen molar-refractivity contribution < 1.29 is 22.6 Å². The summed E-state index contributed by atoms with van der Waals surface area (Å²) in [7, 11) is 0. The molecule has 1 fully saturated rings. The monoisotopic (exact) mass is 213 g/mol.